The summed E-state index contributed by atoms with van der Waals surface area (Å²) >= 11 is 0. The highest BCUT2D eigenvalue weighted by molar-refractivity contribution is 5.78. The van der Waals surface area contributed by atoms with Gasteiger partial charge in [-0.1, -0.05) is 6.08 Å². The van der Waals surface area contributed by atoms with E-state index in [-0.39, 0.29) is 0 Å². The Bertz CT molecular complexity index is 566. The molecular formula is C14H14N2O. The Labute approximate surface area is 99.5 Å². The lowest BCUT2D eigenvalue weighted by Crippen LogP contribution is -2.09. The third-order valence-corrected chi connectivity index (χ3v) is 3.89. The van der Waals surface area contributed by atoms with Crippen LogP contribution in [0, 0.1) is 11.8 Å². The van der Waals surface area contributed by atoms with Gasteiger partial charge in [0.2, 0.25) is 0 Å². The summed E-state index contributed by atoms with van der Waals surface area (Å²) in [4.78, 5) is 4.31. The second-order valence-corrected chi connectivity index (χ2v) is 4.98. The number of hydrogen-bond donors (Lipinski definition) is 1. The summed E-state index contributed by atoms with van der Waals surface area (Å²) in [6.07, 6.45) is 5.32. The summed E-state index contributed by atoms with van der Waals surface area (Å²) in [6.45, 7) is 2.26. The standard InChI is InChI=1S/C14H14N2O/c1-2-13-12(16-3-1)6-14(17-13)9-4-10-7-15-8-11(10)5-9/h1-4,6,10-11,15H,5,7-8H2/t10-,11+/m0/s1. The van der Waals surface area contributed by atoms with Crippen molar-refractivity contribution >= 4 is 16.7 Å². The van der Waals surface area contributed by atoms with Gasteiger partial charge >= 0.3 is 0 Å². The van der Waals surface area contributed by atoms with Crippen LogP contribution in [0.25, 0.3) is 16.7 Å². The van der Waals surface area contributed by atoms with Crippen molar-refractivity contribution in [3.8, 4) is 0 Å². The number of pyridine rings is 1. The van der Waals surface area contributed by atoms with E-state index >= 15 is 0 Å². The Kier molecular flexibility index (Phi) is 1.91. The number of nitrogens with one attached hydrogen (secondary N) is 1. The first-order valence-corrected chi connectivity index (χ1v) is 6.16. The van der Waals surface area contributed by atoms with Crippen LogP contribution in [0.2, 0.25) is 0 Å². The Morgan fingerprint density at radius 2 is 2.35 bits per heavy atom. The zero-order valence-electron chi connectivity index (χ0n) is 9.52. The van der Waals surface area contributed by atoms with Crippen LogP contribution < -0.4 is 5.32 Å². The molecule has 0 aromatic carbocycles. The molecule has 3 heterocycles. The number of rotatable bonds is 1. The topological polar surface area (TPSA) is 38.1 Å². The Morgan fingerprint density at radius 3 is 3.24 bits per heavy atom. The predicted molar refractivity (Wildman–Crippen MR) is 66.5 cm³/mol. The van der Waals surface area contributed by atoms with Crippen molar-refractivity contribution in [1.82, 2.24) is 10.3 Å². The third-order valence-electron chi connectivity index (χ3n) is 3.89. The van der Waals surface area contributed by atoms with Crippen LogP contribution in [0.4, 0.5) is 0 Å². The zero-order chi connectivity index (χ0) is 11.2. The van der Waals surface area contributed by atoms with Crippen molar-refractivity contribution in [2.24, 2.45) is 11.8 Å². The van der Waals surface area contributed by atoms with Crippen LogP contribution in [0.1, 0.15) is 12.2 Å². The fourth-order valence-electron chi connectivity index (χ4n) is 2.99. The number of hydrogen-bond acceptors (Lipinski definition) is 3. The summed E-state index contributed by atoms with van der Waals surface area (Å²) < 4.78 is 5.87. The van der Waals surface area contributed by atoms with Gasteiger partial charge in [0.1, 0.15) is 11.3 Å². The zero-order valence-corrected chi connectivity index (χ0v) is 9.52. The van der Waals surface area contributed by atoms with Gasteiger partial charge in [-0.25, -0.2) is 0 Å². The highest BCUT2D eigenvalue weighted by Gasteiger charge is 2.32. The van der Waals surface area contributed by atoms with E-state index < -0.39 is 0 Å². The molecule has 1 aliphatic heterocycles. The average Bonchev–Trinajstić information content (AvgIpc) is 3.01. The minimum absolute atomic E-state index is 0.700. The van der Waals surface area contributed by atoms with Crippen molar-refractivity contribution in [2.45, 2.75) is 6.42 Å². The molecule has 2 atom stereocenters. The molecule has 0 spiro atoms. The quantitative estimate of drug-likeness (QED) is 0.811. The van der Waals surface area contributed by atoms with Crippen LogP contribution in [0.15, 0.2) is 34.9 Å². The van der Waals surface area contributed by atoms with Gasteiger partial charge < -0.3 is 9.73 Å². The molecule has 3 heteroatoms. The van der Waals surface area contributed by atoms with Crippen molar-refractivity contribution in [3.63, 3.8) is 0 Å². The molecule has 2 aromatic heterocycles. The van der Waals surface area contributed by atoms with E-state index in [1.807, 2.05) is 18.3 Å². The molecule has 0 amide bonds. The van der Waals surface area contributed by atoms with E-state index in [4.69, 9.17) is 4.42 Å². The van der Waals surface area contributed by atoms with Crippen LogP contribution in [0.3, 0.4) is 0 Å². The number of furan rings is 1. The second-order valence-electron chi connectivity index (χ2n) is 4.98. The number of nitrogens with zero attached hydrogens (tertiary/aromatic N) is 1. The van der Waals surface area contributed by atoms with E-state index in [9.17, 15) is 0 Å². The van der Waals surface area contributed by atoms with Crippen LogP contribution in [-0.2, 0) is 0 Å². The Morgan fingerprint density at radius 1 is 1.35 bits per heavy atom. The fourth-order valence-corrected chi connectivity index (χ4v) is 2.99. The predicted octanol–water partition coefficient (Wildman–Crippen LogP) is 2.45. The molecule has 2 aromatic rings. The maximum atomic E-state index is 5.87. The molecule has 2 aliphatic rings. The van der Waals surface area contributed by atoms with Crippen molar-refractivity contribution in [2.75, 3.05) is 13.1 Å². The van der Waals surface area contributed by atoms with Crippen LogP contribution >= 0.6 is 0 Å². The van der Waals surface area contributed by atoms with Gasteiger partial charge in [-0.3, -0.25) is 4.98 Å². The first kappa shape index (κ1) is 9.42. The number of allylic oxidation sites excluding steroid dienone is 1. The minimum Gasteiger partial charge on any atom is -0.455 e. The van der Waals surface area contributed by atoms with Gasteiger partial charge in [0.25, 0.3) is 0 Å². The molecule has 0 saturated carbocycles. The lowest BCUT2D eigenvalue weighted by molar-refractivity contribution is 0.531. The highest BCUT2D eigenvalue weighted by atomic mass is 16.3. The maximum absolute atomic E-state index is 5.87. The first-order valence-electron chi connectivity index (χ1n) is 6.16. The molecule has 3 nitrogen and oxygen atoms in total. The van der Waals surface area contributed by atoms with Crippen LogP contribution in [0.5, 0.6) is 0 Å². The second kappa shape index (κ2) is 3.44. The van der Waals surface area contributed by atoms with E-state index in [0.29, 0.717) is 5.92 Å². The molecule has 1 N–H and O–H groups in total. The summed E-state index contributed by atoms with van der Waals surface area (Å²) in [5.74, 6) is 2.48. The van der Waals surface area contributed by atoms with Gasteiger partial charge in [0, 0.05) is 18.8 Å². The third kappa shape index (κ3) is 1.42. The van der Waals surface area contributed by atoms with Gasteiger partial charge in [-0.2, -0.15) is 0 Å². The monoisotopic (exact) mass is 226 g/mol. The minimum atomic E-state index is 0.700. The molecule has 4 rings (SSSR count). The molecule has 17 heavy (non-hydrogen) atoms. The van der Waals surface area contributed by atoms with E-state index in [1.165, 1.54) is 5.57 Å². The normalized spacial score (nSPS) is 27.4. The largest absolute Gasteiger partial charge is 0.455 e. The van der Waals surface area contributed by atoms with Gasteiger partial charge in [0.05, 0.1) is 0 Å². The average molecular weight is 226 g/mol. The molecule has 0 radical (unpaired) electrons. The molecule has 1 fully saturated rings. The summed E-state index contributed by atoms with van der Waals surface area (Å²) in [5.41, 5.74) is 3.21. The van der Waals surface area contributed by atoms with Gasteiger partial charge in [0.15, 0.2) is 5.58 Å². The molecule has 0 unspecified atom stereocenters. The molecule has 0 bridgehead atoms. The van der Waals surface area contributed by atoms with E-state index in [0.717, 1.165) is 42.3 Å². The smallest absolute Gasteiger partial charge is 0.153 e. The summed E-state index contributed by atoms with van der Waals surface area (Å²) in [7, 11) is 0. The molecular weight excluding hydrogens is 212 g/mol. The first-order chi connectivity index (χ1) is 8.40. The lowest BCUT2D eigenvalue weighted by atomic mass is 9.99. The van der Waals surface area contributed by atoms with Crippen LogP contribution in [-0.4, -0.2) is 18.1 Å². The molecule has 86 valence electrons. The van der Waals surface area contributed by atoms with Gasteiger partial charge in [-0.15, -0.1) is 0 Å². The SMILES string of the molecule is C1=C(c2cc3ncccc3o2)C[C@@H]2CNC[C@H]12. The lowest BCUT2D eigenvalue weighted by Gasteiger charge is -2.04. The highest BCUT2D eigenvalue weighted by Crippen LogP contribution is 2.39. The van der Waals surface area contributed by atoms with Crippen molar-refractivity contribution in [3.05, 3.63) is 36.2 Å². The Balaban J connectivity index is 1.75. The summed E-state index contributed by atoms with van der Waals surface area (Å²) in [6, 6.07) is 5.96. The Hall–Kier alpha value is -1.61. The maximum Gasteiger partial charge on any atom is 0.153 e. The fraction of sp³-hybridized carbons (Fsp3) is 0.357. The molecule has 1 aliphatic carbocycles. The summed E-state index contributed by atoms with van der Waals surface area (Å²) in [5, 5.41) is 3.44. The van der Waals surface area contributed by atoms with Gasteiger partial charge in [-0.05, 0) is 42.5 Å². The number of fused-ring (bicyclic) bond motifs is 2. The van der Waals surface area contributed by atoms with E-state index in [1.54, 1.807) is 0 Å². The van der Waals surface area contributed by atoms with Crippen molar-refractivity contribution < 1.29 is 4.42 Å². The van der Waals surface area contributed by atoms with Crippen molar-refractivity contribution in [1.29, 1.82) is 0 Å². The number of aromatic nitrogens is 1. The van der Waals surface area contributed by atoms with E-state index in [2.05, 4.69) is 22.4 Å². The molecule has 1 saturated heterocycles.